The third kappa shape index (κ3) is 6.49. The van der Waals surface area contributed by atoms with Crippen molar-refractivity contribution in [3.8, 4) is 5.75 Å². The quantitative estimate of drug-likeness (QED) is 0.254. The lowest BCUT2D eigenvalue weighted by molar-refractivity contribution is -0.149. The molecule has 3 unspecified atom stereocenters. The van der Waals surface area contributed by atoms with Crippen LogP contribution in [0.5, 0.6) is 5.75 Å². The fraction of sp³-hybridized carbons (Fsp3) is 0.500. The molecule has 1 aliphatic rings. The monoisotopic (exact) mass is 526 g/mol. The molecule has 1 fully saturated rings. The number of anilines is 1. The third-order valence-electron chi connectivity index (χ3n) is 5.37. The highest BCUT2D eigenvalue weighted by molar-refractivity contribution is 7.52. The van der Waals surface area contributed by atoms with Crippen molar-refractivity contribution in [3.63, 3.8) is 0 Å². The number of nitrogens with one attached hydrogen (secondary N) is 1. The van der Waals surface area contributed by atoms with Crippen molar-refractivity contribution in [1.82, 2.24) is 14.6 Å². The van der Waals surface area contributed by atoms with E-state index in [1.165, 1.54) is 38.2 Å². The summed E-state index contributed by atoms with van der Waals surface area (Å²) >= 11 is 0. The van der Waals surface area contributed by atoms with Crippen LogP contribution in [0, 0.1) is 0 Å². The van der Waals surface area contributed by atoms with E-state index in [9.17, 15) is 24.4 Å². The molecule has 0 radical (unpaired) electrons. The summed E-state index contributed by atoms with van der Waals surface area (Å²) < 4.78 is 36.6. The number of nitrogens with two attached hydrogens (primary N) is 1. The first kappa shape index (κ1) is 27.8. The lowest BCUT2D eigenvalue weighted by atomic mass is 9.95. The van der Waals surface area contributed by atoms with Gasteiger partial charge in [0, 0.05) is 6.20 Å². The minimum Gasteiger partial charge on any atom is -0.462 e. The van der Waals surface area contributed by atoms with E-state index in [4.69, 9.17) is 24.3 Å². The smallest absolute Gasteiger partial charge is 0.459 e. The summed E-state index contributed by atoms with van der Waals surface area (Å²) in [5, 5.41) is 24.1. The zero-order valence-electron chi connectivity index (χ0n) is 20.3. The minimum absolute atomic E-state index is 0.0226. The number of ether oxygens (including phenoxy) is 2. The average Bonchev–Trinajstić information content (AvgIpc) is 3.01. The van der Waals surface area contributed by atoms with Crippen LogP contribution in [0.15, 0.2) is 47.4 Å². The van der Waals surface area contributed by atoms with E-state index < -0.39 is 62.2 Å². The number of nitrogen functional groups attached to an aromatic ring is 1. The maximum atomic E-state index is 13.6. The van der Waals surface area contributed by atoms with E-state index in [0.29, 0.717) is 0 Å². The number of para-hydroxylation sites is 1. The molecule has 2 heterocycles. The van der Waals surface area contributed by atoms with E-state index in [-0.39, 0.29) is 11.6 Å². The van der Waals surface area contributed by atoms with Gasteiger partial charge in [-0.25, -0.2) is 9.36 Å². The molecule has 3 rings (SSSR count). The Morgan fingerprint density at radius 2 is 1.97 bits per heavy atom. The average molecular weight is 526 g/mol. The second-order valence-electron chi connectivity index (χ2n) is 8.76. The number of aromatic nitrogens is 2. The van der Waals surface area contributed by atoms with Crippen LogP contribution in [-0.4, -0.2) is 62.3 Å². The van der Waals surface area contributed by atoms with E-state index >= 15 is 0 Å². The van der Waals surface area contributed by atoms with Crippen LogP contribution in [0.3, 0.4) is 0 Å². The Morgan fingerprint density at radius 1 is 1.31 bits per heavy atom. The molecule has 2 aromatic rings. The number of benzene rings is 1. The number of hydrogen-bond donors (Lipinski definition) is 4. The zero-order chi connectivity index (χ0) is 26.7. The number of carbonyl (C=O) groups is 1. The first-order valence-corrected chi connectivity index (χ1v) is 12.7. The van der Waals surface area contributed by atoms with Gasteiger partial charge in [-0.3, -0.25) is 13.9 Å². The van der Waals surface area contributed by atoms with Crippen LogP contribution < -0.4 is 21.0 Å². The van der Waals surface area contributed by atoms with Gasteiger partial charge in [-0.1, -0.05) is 18.2 Å². The Labute approximate surface area is 207 Å². The normalized spacial score (nSPS) is 26.4. The highest BCUT2D eigenvalue weighted by Crippen LogP contribution is 2.47. The summed E-state index contributed by atoms with van der Waals surface area (Å²) in [5.41, 5.74) is 2.78. The largest absolute Gasteiger partial charge is 0.462 e. The first-order valence-electron chi connectivity index (χ1n) is 11.2. The van der Waals surface area contributed by atoms with Gasteiger partial charge < -0.3 is 29.9 Å². The maximum Gasteiger partial charge on any atom is 0.459 e. The van der Waals surface area contributed by atoms with Crippen LogP contribution in [0.25, 0.3) is 0 Å². The van der Waals surface area contributed by atoms with E-state index in [1.807, 2.05) is 0 Å². The highest BCUT2D eigenvalue weighted by atomic mass is 31.2. The molecular weight excluding hydrogens is 495 g/mol. The fourth-order valence-electron chi connectivity index (χ4n) is 3.40. The lowest BCUT2D eigenvalue weighted by Crippen LogP contribution is -2.47. The third-order valence-corrected chi connectivity index (χ3v) is 7.02. The van der Waals surface area contributed by atoms with Crippen LogP contribution >= 0.6 is 7.75 Å². The summed E-state index contributed by atoms with van der Waals surface area (Å²) in [4.78, 5) is 28.1. The molecule has 36 heavy (non-hydrogen) atoms. The first-order chi connectivity index (χ1) is 16.8. The molecular formula is C22H31N4O9P. The van der Waals surface area contributed by atoms with Gasteiger partial charge in [-0.15, -0.1) is 0 Å². The Kier molecular flexibility index (Phi) is 8.55. The molecule has 1 aromatic heterocycles. The van der Waals surface area contributed by atoms with Crippen molar-refractivity contribution in [2.45, 2.75) is 63.9 Å². The molecule has 0 aliphatic carbocycles. The molecule has 1 aliphatic heterocycles. The molecule has 5 N–H and O–H groups in total. The molecule has 1 saturated heterocycles. The van der Waals surface area contributed by atoms with Gasteiger partial charge in [0.15, 0.2) is 6.23 Å². The maximum absolute atomic E-state index is 13.6. The molecule has 6 atom stereocenters. The Balaban J connectivity index is 1.80. The van der Waals surface area contributed by atoms with Crippen molar-refractivity contribution in [2.24, 2.45) is 0 Å². The number of esters is 1. The van der Waals surface area contributed by atoms with Gasteiger partial charge in [0.25, 0.3) is 0 Å². The standard InChI is InChI=1S/C22H31N4O9P/c1-13(2)33-20(28)14(3)25-36(31,35-15-8-6-5-7-9-15)32-12-16-22(4,30)18(27)19(34-16)26-11-10-17(23)24-21(26)29/h5-11,13-14,16,18-19,27,30H,12H2,1-4H3,(H,25,31)(H2,23,24,29)/t14-,16+,18+,19?,22?,36?/m0/s1. The summed E-state index contributed by atoms with van der Waals surface area (Å²) in [6, 6.07) is 8.37. The number of carbonyl (C=O) groups excluding carboxylic acids is 1. The van der Waals surface area contributed by atoms with Gasteiger partial charge >= 0.3 is 19.4 Å². The summed E-state index contributed by atoms with van der Waals surface area (Å²) in [5.74, 6) is -0.514. The molecule has 13 nitrogen and oxygen atoms in total. The SMILES string of the molecule is CC(C)OC(=O)[C@H](C)NP(=O)(OC[C@H]1OC(n2ccc(N)nc2=O)[C@@H](O)C1(C)O)Oc1ccccc1. The molecule has 0 bridgehead atoms. The van der Waals surface area contributed by atoms with E-state index in [1.54, 1.807) is 32.0 Å². The second-order valence-corrected chi connectivity index (χ2v) is 10.5. The highest BCUT2D eigenvalue weighted by Gasteiger charge is 2.54. The van der Waals surface area contributed by atoms with Crippen molar-refractivity contribution < 1.29 is 38.1 Å². The second kappa shape index (κ2) is 11.1. The molecule has 14 heteroatoms. The predicted molar refractivity (Wildman–Crippen MR) is 128 cm³/mol. The van der Waals surface area contributed by atoms with Crippen molar-refractivity contribution in [3.05, 3.63) is 53.1 Å². The van der Waals surface area contributed by atoms with E-state index in [0.717, 1.165) is 4.57 Å². The van der Waals surface area contributed by atoms with Crippen LogP contribution in [0.2, 0.25) is 0 Å². The predicted octanol–water partition coefficient (Wildman–Crippen LogP) is 0.968. The van der Waals surface area contributed by atoms with Crippen LogP contribution in [0.1, 0.15) is 33.9 Å². The van der Waals surface area contributed by atoms with Crippen LogP contribution in [0.4, 0.5) is 5.82 Å². The number of aliphatic hydroxyl groups is 2. The number of rotatable bonds is 10. The number of hydrogen-bond acceptors (Lipinski definition) is 11. The summed E-state index contributed by atoms with van der Waals surface area (Å²) in [7, 11) is -4.25. The van der Waals surface area contributed by atoms with Gasteiger partial charge in [0.05, 0.1) is 12.7 Å². The van der Waals surface area contributed by atoms with Gasteiger partial charge in [-0.2, -0.15) is 10.1 Å². The lowest BCUT2D eigenvalue weighted by Gasteiger charge is -2.28. The Bertz CT molecular complexity index is 1160. The van der Waals surface area contributed by atoms with Gasteiger partial charge in [0.2, 0.25) is 0 Å². The summed E-state index contributed by atoms with van der Waals surface area (Å²) in [6.07, 6.45) is -3.28. The van der Waals surface area contributed by atoms with Crippen molar-refractivity contribution in [1.29, 1.82) is 0 Å². The zero-order valence-corrected chi connectivity index (χ0v) is 21.2. The number of nitrogens with zero attached hydrogens (tertiary/aromatic N) is 2. The minimum atomic E-state index is -4.25. The number of aliphatic hydroxyl groups excluding tert-OH is 1. The Morgan fingerprint density at radius 3 is 2.58 bits per heavy atom. The van der Waals surface area contributed by atoms with Gasteiger partial charge in [-0.05, 0) is 45.9 Å². The van der Waals surface area contributed by atoms with E-state index in [2.05, 4.69) is 10.1 Å². The molecule has 1 aromatic carbocycles. The Hall–Kier alpha value is -2.80. The summed E-state index contributed by atoms with van der Waals surface area (Å²) in [6.45, 7) is 5.51. The van der Waals surface area contributed by atoms with Crippen LogP contribution in [-0.2, 0) is 23.4 Å². The van der Waals surface area contributed by atoms with Crippen molar-refractivity contribution in [2.75, 3.05) is 12.3 Å². The molecule has 0 amide bonds. The van der Waals surface area contributed by atoms with Gasteiger partial charge in [0.1, 0.15) is 35.4 Å². The molecule has 198 valence electrons. The fourth-order valence-corrected chi connectivity index (χ4v) is 4.90. The molecule has 0 spiro atoms. The molecule has 0 saturated carbocycles. The topological polar surface area (TPSA) is 184 Å². The van der Waals surface area contributed by atoms with Crippen molar-refractivity contribution >= 4 is 19.5 Å².